The molecule has 0 spiro atoms. The van der Waals surface area contributed by atoms with Crippen LogP contribution >= 0.6 is 23.5 Å². The molecule has 0 aromatic rings. The van der Waals surface area contributed by atoms with Crippen LogP contribution in [0.3, 0.4) is 0 Å². The van der Waals surface area contributed by atoms with Crippen LogP contribution in [0.5, 0.6) is 0 Å². The van der Waals surface area contributed by atoms with Crippen molar-refractivity contribution in [1.29, 1.82) is 0 Å². The number of hydrogen-bond acceptors (Lipinski definition) is 15. The van der Waals surface area contributed by atoms with Gasteiger partial charge in [-0.15, -0.1) is 0 Å². The highest BCUT2D eigenvalue weighted by atomic mass is 31.2. The van der Waals surface area contributed by atoms with Crippen LogP contribution in [0.25, 0.3) is 0 Å². The van der Waals surface area contributed by atoms with Crippen molar-refractivity contribution in [3.8, 4) is 0 Å². The molecule has 0 aliphatic heterocycles. The van der Waals surface area contributed by atoms with E-state index in [1.807, 2.05) is 0 Å². The lowest BCUT2D eigenvalue weighted by Crippen LogP contribution is -2.67. The first-order valence-electron chi connectivity index (χ1n) is 14.9. The van der Waals surface area contributed by atoms with Gasteiger partial charge in [0, 0.05) is 39.1 Å². The van der Waals surface area contributed by atoms with E-state index in [2.05, 4.69) is 13.6 Å². The number of ether oxygens (including phenoxy) is 3. The predicted molar refractivity (Wildman–Crippen MR) is 157 cm³/mol. The molecule has 0 radical (unpaired) electrons. The zero-order valence-electron chi connectivity index (χ0n) is 25.8. The van der Waals surface area contributed by atoms with Gasteiger partial charge in [0.2, 0.25) is 0 Å². The second kappa shape index (κ2) is 21.8. The highest BCUT2D eigenvalue weighted by Gasteiger charge is 2.62. The molecule has 0 heterocycles. The molecule has 0 amide bonds. The molecular weight excluding hydrogens is 717 g/mol. The van der Waals surface area contributed by atoms with E-state index in [0.29, 0.717) is 25.7 Å². The van der Waals surface area contributed by atoms with Crippen LogP contribution in [-0.4, -0.2) is 119 Å². The molecule has 48 heavy (non-hydrogen) atoms. The van der Waals surface area contributed by atoms with Crippen molar-refractivity contribution >= 4 is 41.4 Å². The number of carbonyl (C=O) groups is 3. The Balaban J connectivity index is 3.83. The van der Waals surface area contributed by atoms with Gasteiger partial charge in [0.15, 0.2) is 18.3 Å². The number of phosphoric acid groups is 3. The largest absolute Gasteiger partial charge is 0.470 e. The van der Waals surface area contributed by atoms with Crippen molar-refractivity contribution in [2.24, 2.45) is 0 Å². The second-order valence-electron chi connectivity index (χ2n) is 10.6. The van der Waals surface area contributed by atoms with Gasteiger partial charge >= 0.3 is 41.4 Å². The Morgan fingerprint density at radius 3 is 0.854 bits per heavy atom. The van der Waals surface area contributed by atoms with Crippen molar-refractivity contribution in [3.63, 3.8) is 0 Å². The lowest BCUT2D eigenvalue weighted by molar-refractivity contribution is -0.241. The third kappa shape index (κ3) is 18.6. The van der Waals surface area contributed by atoms with Gasteiger partial charge in [0.1, 0.15) is 18.3 Å². The summed E-state index contributed by atoms with van der Waals surface area (Å²) in [6.07, 6.45) is -13.8. The van der Waals surface area contributed by atoms with E-state index in [-0.39, 0.29) is 51.9 Å². The quantitative estimate of drug-likeness (QED) is 0.0267. The molecule has 282 valence electrons. The zero-order valence-corrected chi connectivity index (χ0v) is 28.5. The Bertz CT molecular complexity index is 1070. The van der Waals surface area contributed by atoms with Crippen molar-refractivity contribution in [2.75, 3.05) is 19.8 Å². The Kier molecular flexibility index (Phi) is 20.2. The van der Waals surface area contributed by atoms with Gasteiger partial charge in [-0.25, -0.2) is 13.7 Å². The summed E-state index contributed by atoms with van der Waals surface area (Å²) in [6, 6.07) is 0. The maximum atomic E-state index is 13.0. The monoisotopic (exact) mass is 762 g/mol. The summed E-state index contributed by atoms with van der Waals surface area (Å²) < 4.78 is 66.3. The van der Waals surface area contributed by atoms with E-state index >= 15 is 0 Å². The maximum absolute atomic E-state index is 13.0. The average Bonchev–Trinajstić information content (AvgIpc) is 2.95. The smallest absolute Gasteiger partial charge is 0.455 e. The van der Waals surface area contributed by atoms with Crippen LogP contribution in [0, 0.1) is 0 Å². The lowest BCUT2D eigenvalue weighted by atomic mass is 9.84. The summed E-state index contributed by atoms with van der Waals surface area (Å²) >= 11 is 0. The van der Waals surface area contributed by atoms with Gasteiger partial charge in [0.05, 0.1) is 0 Å². The summed E-state index contributed by atoms with van der Waals surface area (Å²) in [5.74, 6) is -3.43. The van der Waals surface area contributed by atoms with Crippen LogP contribution in [0.1, 0.15) is 77.0 Å². The Morgan fingerprint density at radius 2 is 0.625 bits per heavy atom. The minimum atomic E-state index is -5.80. The number of phosphoric ester groups is 3. The highest BCUT2D eigenvalue weighted by Crippen LogP contribution is 2.51. The molecule has 0 aromatic carbocycles. The summed E-state index contributed by atoms with van der Waals surface area (Å²) in [7, 11) is -17.4. The molecule has 0 saturated heterocycles. The first kappa shape index (κ1) is 44.6. The molecule has 24 heteroatoms. The third-order valence-corrected chi connectivity index (χ3v) is 8.19. The fraction of sp³-hybridized carbons (Fsp3) is 0.875. The summed E-state index contributed by atoms with van der Waals surface area (Å²) in [6.45, 7) is -0.614. The molecule has 1 aliphatic carbocycles. The lowest BCUT2D eigenvalue weighted by Gasteiger charge is -2.47. The molecular formula is C24H45O21P3. The van der Waals surface area contributed by atoms with Crippen molar-refractivity contribution < 1.29 is 101 Å². The second-order valence-corrected chi connectivity index (χ2v) is 14.2. The Morgan fingerprint density at radius 1 is 0.396 bits per heavy atom. The minimum absolute atomic E-state index is 0.101. The molecule has 9 N–H and O–H groups in total. The normalized spacial score (nSPS) is 23.4. The van der Waals surface area contributed by atoms with Gasteiger partial charge in [-0.2, -0.15) is 0 Å². The summed E-state index contributed by atoms with van der Waals surface area (Å²) in [4.78, 5) is 96.9. The van der Waals surface area contributed by atoms with Gasteiger partial charge in [0.25, 0.3) is 0 Å². The van der Waals surface area contributed by atoms with Crippen LogP contribution in [-0.2, 0) is 55.9 Å². The molecule has 1 saturated carbocycles. The Hall–Kier alpha value is -1.38. The highest BCUT2D eigenvalue weighted by molar-refractivity contribution is 7.47. The van der Waals surface area contributed by atoms with Gasteiger partial charge in [-0.3, -0.25) is 28.0 Å². The number of carbonyl (C=O) groups excluding carboxylic acids is 3. The van der Waals surface area contributed by atoms with E-state index < -0.39 is 97.3 Å². The number of aliphatic hydroxyl groups excluding tert-OH is 3. The van der Waals surface area contributed by atoms with Gasteiger partial charge in [-0.1, -0.05) is 19.3 Å². The number of aliphatic hydroxyl groups is 3. The molecule has 1 rings (SSSR count). The first-order valence-corrected chi connectivity index (χ1v) is 19.5. The topological polar surface area (TPSA) is 340 Å². The maximum Gasteiger partial charge on any atom is 0.470 e. The van der Waals surface area contributed by atoms with E-state index in [0.717, 1.165) is 0 Å². The Labute approximate surface area is 275 Å². The first-order chi connectivity index (χ1) is 22.3. The number of esters is 3. The van der Waals surface area contributed by atoms with Crippen molar-refractivity contribution in [3.05, 3.63) is 0 Å². The van der Waals surface area contributed by atoms with Crippen molar-refractivity contribution in [2.45, 2.75) is 114 Å². The van der Waals surface area contributed by atoms with Crippen molar-refractivity contribution in [1.82, 2.24) is 0 Å². The number of hydrogen-bond donors (Lipinski definition) is 9. The van der Waals surface area contributed by atoms with E-state index in [1.165, 1.54) is 0 Å². The predicted octanol–water partition coefficient (Wildman–Crippen LogP) is -0.173. The molecule has 21 nitrogen and oxygen atoms in total. The molecule has 1 aliphatic rings. The SMILES string of the molecule is O=C(CCCCCO)OC1[C@@H](OC(=O)CCCCCO)[C@H](OP(=O)(O)O)C(OP(=O)(O)O)[C@@H](OP(=O)(O)O)[C@H]1OC(=O)CCCCCO. The summed E-state index contributed by atoms with van der Waals surface area (Å²) in [5.41, 5.74) is 0. The summed E-state index contributed by atoms with van der Waals surface area (Å²) in [5, 5.41) is 27.0. The van der Waals surface area contributed by atoms with E-state index in [1.54, 1.807) is 0 Å². The van der Waals surface area contributed by atoms with Crippen LogP contribution < -0.4 is 0 Å². The van der Waals surface area contributed by atoms with E-state index in [4.69, 9.17) is 29.5 Å². The van der Waals surface area contributed by atoms with Crippen LogP contribution in [0.4, 0.5) is 0 Å². The van der Waals surface area contributed by atoms with Gasteiger partial charge in [-0.05, 0) is 38.5 Å². The molecule has 0 aromatic heterocycles. The standard InChI is InChI=1S/C24H45O21P3/c25-13-7-1-4-10-16(28)40-19-20(41-17(29)11-5-2-8-14-26)22(43-46(31,32)33)24(45-48(37,38)39)23(44-47(34,35)36)21(19)42-18(30)12-6-3-9-15-27/h19-27H,1-15H2,(H2,31,32,33)(H2,34,35,36)(H2,37,38,39)/t19?,20-,21+,22-,23-,24?/m0/s1. The molecule has 2 unspecified atom stereocenters. The van der Waals surface area contributed by atoms with Crippen LogP contribution in [0.15, 0.2) is 0 Å². The minimum Gasteiger partial charge on any atom is -0.455 e. The fourth-order valence-corrected chi connectivity index (χ4v) is 6.34. The third-order valence-electron chi connectivity index (χ3n) is 6.64. The van der Waals surface area contributed by atoms with Crippen LogP contribution in [0.2, 0.25) is 0 Å². The molecule has 6 atom stereocenters. The fourth-order valence-electron chi connectivity index (χ4n) is 4.67. The zero-order chi connectivity index (χ0) is 36.5. The molecule has 1 fully saturated rings. The average molecular weight is 763 g/mol. The number of unbranched alkanes of at least 4 members (excludes halogenated alkanes) is 6. The number of rotatable bonds is 24. The van der Waals surface area contributed by atoms with E-state index in [9.17, 15) is 57.4 Å². The van der Waals surface area contributed by atoms with Gasteiger partial charge < -0.3 is 58.9 Å². The molecule has 0 bridgehead atoms.